The van der Waals surface area contributed by atoms with Crippen LogP contribution in [0.15, 0.2) is 28.7 Å². The molecule has 8 nitrogen and oxygen atoms in total. The maximum Gasteiger partial charge on any atom is 0.326 e. The second-order valence-corrected chi connectivity index (χ2v) is 7.25. The van der Waals surface area contributed by atoms with Crippen LogP contribution in [0.3, 0.4) is 0 Å². The minimum absolute atomic E-state index is 0.0291. The summed E-state index contributed by atoms with van der Waals surface area (Å²) >= 11 is 3.29. The lowest BCUT2D eigenvalue weighted by atomic mass is 10.1. The molecule has 2 aliphatic rings. The number of carboxylic acids is 1. The van der Waals surface area contributed by atoms with Crippen molar-refractivity contribution in [2.45, 2.75) is 31.2 Å². The van der Waals surface area contributed by atoms with Crippen molar-refractivity contribution in [3.8, 4) is 0 Å². The lowest BCUT2D eigenvalue weighted by molar-refractivity contribution is -0.153. The van der Waals surface area contributed by atoms with E-state index in [2.05, 4.69) is 21.2 Å². The second-order valence-electron chi connectivity index (χ2n) is 6.33. The highest BCUT2D eigenvalue weighted by Crippen LogP contribution is 2.35. The Morgan fingerprint density at radius 3 is 2.46 bits per heavy atom. The molecule has 1 aromatic rings. The zero-order valence-electron chi connectivity index (χ0n) is 14.1. The lowest BCUT2D eigenvalue weighted by Crippen LogP contribution is -2.51. The largest absolute Gasteiger partial charge is 0.480 e. The van der Waals surface area contributed by atoms with Crippen molar-refractivity contribution in [2.24, 2.45) is 0 Å². The normalized spacial score (nSPS) is 22.4. The summed E-state index contributed by atoms with van der Waals surface area (Å²) in [6, 6.07) is 4.77. The number of carboxylic acid groups (broad SMARTS) is 1. The van der Waals surface area contributed by atoms with Gasteiger partial charge in [0.2, 0.25) is 5.91 Å². The maximum absolute atomic E-state index is 12.8. The molecule has 0 unspecified atom stereocenters. The average molecular weight is 427 g/mol. The molecule has 3 rings (SSSR count). The molecule has 26 heavy (non-hydrogen) atoms. The molecule has 0 aliphatic carbocycles. The third-order valence-corrected chi connectivity index (χ3v) is 5.03. The molecule has 2 amide bonds. The molecule has 1 aromatic carbocycles. The van der Waals surface area contributed by atoms with Gasteiger partial charge in [0.1, 0.15) is 12.1 Å². The molecule has 2 atom stereocenters. The smallest absolute Gasteiger partial charge is 0.326 e. The minimum Gasteiger partial charge on any atom is -0.480 e. The van der Waals surface area contributed by atoms with Crippen molar-refractivity contribution in [3.05, 3.63) is 34.3 Å². The van der Waals surface area contributed by atoms with Gasteiger partial charge in [-0.05, 0) is 31.2 Å². The molecular formula is C17H19BrN2O6. The number of aliphatic carboxylic acids is 1. The number of benzene rings is 1. The van der Waals surface area contributed by atoms with Gasteiger partial charge in [0.15, 0.2) is 5.79 Å². The van der Waals surface area contributed by atoms with Crippen LogP contribution >= 0.6 is 15.9 Å². The summed E-state index contributed by atoms with van der Waals surface area (Å²) in [5.41, 5.74) is 0.406. The summed E-state index contributed by atoms with van der Waals surface area (Å²) in [5, 5.41) is 12.1. The number of amides is 2. The number of rotatable bonds is 4. The summed E-state index contributed by atoms with van der Waals surface area (Å²) < 4.78 is 11.9. The first-order valence-electron chi connectivity index (χ1n) is 8.19. The Bertz CT molecular complexity index is 716. The van der Waals surface area contributed by atoms with Crippen LogP contribution in [-0.4, -0.2) is 65.4 Å². The summed E-state index contributed by atoms with van der Waals surface area (Å²) in [7, 11) is 0. The van der Waals surface area contributed by atoms with Crippen LogP contribution in [0.5, 0.6) is 0 Å². The number of carbonyl (C=O) groups is 3. The molecule has 2 saturated heterocycles. The number of nitrogens with one attached hydrogen (secondary N) is 1. The Kier molecular flexibility index (Phi) is 5.31. The van der Waals surface area contributed by atoms with Gasteiger partial charge in [-0.2, -0.15) is 0 Å². The van der Waals surface area contributed by atoms with E-state index < -0.39 is 35.7 Å². The van der Waals surface area contributed by atoms with E-state index in [4.69, 9.17) is 9.47 Å². The predicted octanol–water partition coefficient (Wildman–Crippen LogP) is 0.996. The quantitative estimate of drug-likeness (QED) is 0.743. The van der Waals surface area contributed by atoms with E-state index in [9.17, 15) is 19.5 Å². The minimum atomic E-state index is -1.12. The second kappa shape index (κ2) is 7.34. The number of ether oxygens (including phenoxy) is 2. The fraction of sp³-hybridized carbons (Fsp3) is 0.471. The van der Waals surface area contributed by atoms with Crippen molar-refractivity contribution in [1.29, 1.82) is 0 Å². The Morgan fingerprint density at radius 1 is 1.27 bits per heavy atom. The molecule has 2 aliphatic heterocycles. The van der Waals surface area contributed by atoms with Crippen molar-refractivity contribution in [1.82, 2.24) is 10.2 Å². The van der Waals surface area contributed by atoms with Gasteiger partial charge in [0, 0.05) is 16.5 Å². The Balaban J connectivity index is 1.69. The van der Waals surface area contributed by atoms with Crippen LogP contribution in [0.1, 0.15) is 23.7 Å². The SMILES string of the molecule is C[C@@H](NC(=O)c1ccc(Br)cc1)C(=O)N1CC2(C[C@H]1C(=O)O)OCCO2. The van der Waals surface area contributed by atoms with Gasteiger partial charge in [0.25, 0.3) is 5.91 Å². The van der Waals surface area contributed by atoms with E-state index >= 15 is 0 Å². The zero-order valence-corrected chi connectivity index (χ0v) is 15.7. The molecule has 1 spiro atoms. The third kappa shape index (κ3) is 3.74. The van der Waals surface area contributed by atoms with Crippen molar-refractivity contribution < 1.29 is 29.0 Å². The molecule has 2 heterocycles. The van der Waals surface area contributed by atoms with E-state index in [-0.39, 0.29) is 13.0 Å². The molecule has 0 bridgehead atoms. The van der Waals surface area contributed by atoms with Crippen LogP contribution in [-0.2, 0) is 19.1 Å². The summed E-state index contributed by atoms with van der Waals surface area (Å²) in [5.74, 6) is -3.08. The van der Waals surface area contributed by atoms with Crippen molar-refractivity contribution in [3.63, 3.8) is 0 Å². The van der Waals surface area contributed by atoms with Crippen LogP contribution in [0.25, 0.3) is 0 Å². The molecule has 2 fully saturated rings. The molecular weight excluding hydrogens is 408 g/mol. The molecule has 2 N–H and O–H groups in total. The van der Waals surface area contributed by atoms with E-state index in [1.165, 1.54) is 11.8 Å². The molecule has 140 valence electrons. The van der Waals surface area contributed by atoms with Gasteiger partial charge < -0.3 is 24.8 Å². The Labute approximate surface area is 158 Å². The fourth-order valence-corrected chi connectivity index (χ4v) is 3.45. The van der Waals surface area contributed by atoms with Gasteiger partial charge in [-0.3, -0.25) is 9.59 Å². The van der Waals surface area contributed by atoms with E-state index in [1.807, 2.05) is 0 Å². The van der Waals surface area contributed by atoms with Crippen molar-refractivity contribution >= 4 is 33.7 Å². The van der Waals surface area contributed by atoms with Gasteiger partial charge in [-0.25, -0.2) is 4.79 Å². The van der Waals surface area contributed by atoms with Gasteiger partial charge in [-0.1, -0.05) is 15.9 Å². The van der Waals surface area contributed by atoms with Gasteiger partial charge >= 0.3 is 5.97 Å². The molecule has 9 heteroatoms. The van der Waals surface area contributed by atoms with E-state index in [0.29, 0.717) is 18.8 Å². The Morgan fingerprint density at radius 2 is 1.88 bits per heavy atom. The highest BCUT2D eigenvalue weighted by molar-refractivity contribution is 9.10. The van der Waals surface area contributed by atoms with Gasteiger partial charge in [-0.15, -0.1) is 0 Å². The highest BCUT2D eigenvalue weighted by Gasteiger charge is 2.53. The predicted molar refractivity (Wildman–Crippen MR) is 93.5 cm³/mol. The van der Waals surface area contributed by atoms with Crippen LogP contribution < -0.4 is 5.32 Å². The first-order valence-corrected chi connectivity index (χ1v) is 8.98. The first kappa shape index (κ1) is 18.8. The average Bonchev–Trinajstić information content (AvgIpc) is 3.22. The number of likely N-dealkylation sites (tertiary alicyclic amines) is 1. The summed E-state index contributed by atoms with van der Waals surface area (Å²) in [6.45, 7) is 2.29. The fourth-order valence-electron chi connectivity index (χ4n) is 3.19. The summed E-state index contributed by atoms with van der Waals surface area (Å²) in [6.07, 6.45) is 0.0709. The number of halogens is 1. The van der Waals surface area contributed by atoms with Crippen LogP contribution in [0.2, 0.25) is 0 Å². The van der Waals surface area contributed by atoms with Crippen molar-refractivity contribution in [2.75, 3.05) is 19.8 Å². The molecule has 0 aromatic heterocycles. The highest BCUT2D eigenvalue weighted by atomic mass is 79.9. The maximum atomic E-state index is 12.8. The Hall–Kier alpha value is -1.97. The summed E-state index contributed by atoms with van der Waals surface area (Å²) in [4.78, 5) is 37.8. The number of hydrogen-bond donors (Lipinski definition) is 2. The van der Waals surface area contributed by atoms with Gasteiger partial charge in [0.05, 0.1) is 19.8 Å². The van der Waals surface area contributed by atoms with Crippen LogP contribution in [0.4, 0.5) is 0 Å². The zero-order chi connectivity index (χ0) is 18.9. The standard InChI is InChI=1S/C17H19BrN2O6/c1-10(19-14(21)11-2-4-12(18)5-3-11)15(22)20-9-17(25-6-7-26-17)8-13(20)16(23)24/h2-5,10,13H,6-9H2,1H3,(H,19,21)(H,23,24)/t10-,13+/m1/s1. The monoisotopic (exact) mass is 426 g/mol. The number of nitrogens with zero attached hydrogens (tertiary/aromatic N) is 1. The first-order chi connectivity index (χ1) is 12.3. The molecule has 0 radical (unpaired) electrons. The van der Waals surface area contributed by atoms with E-state index in [1.54, 1.807) is 24.3 Å². The lowest BCUT2D eigenvalue weighted by Gasteiger charge is -2.26. The molecule has 0 saturated carbocycles. The third-order valence-electron chi connectivity index (χ3n) is 4.50. The number of hydrogen-bond acceptors (Lipinski definition) is 5. The van der Waals surface area contributed by atoms with Crippen LogP contribution in [0, 0.1) is 0 Å². The topological polar surface area (TPSA) is 105 Å². The number of carbonyl (C=O) groups excluding carboxylic acids is 2. The van der Waals surface area contributed by atoms with E-state index in [0.717, 1.165) is 4.47 Å².